The number of aryl methyl sites for hydroxylation is 1. The van der Waals surface area contributed by atoms with Gasteiger partial charge in [-0.15, -0.1) is 0 Å². The van der Waals surface area contributed by atoms with Crippen LogP contribution in [0.2, 0.25) is 0 Å². The smallest absolute Gasteiger partial charge is 0.303 e. The zero-order valence-corrected chi connectivity index (χ0v) is 17.9. The molecule has 1 aliphatic rings. The van der Waals surface area contributed by atoms with Crippen molar-refractivity contribution >= 4 is 16.9 Å². The number of aromatic nitrogens is 3. The summed E-state index contributed by atoms with van der Waals surface area (Å²) in [5, 5.41) is 10.3. The predicted molar refractivity (Wildman–Crippen MR) is 121 cm³/mol. The summed E-state index contributed by atoms with van der Waals surface area (Å²) in [4.78, 5) is 15.5. The normalized spacial score (nSPS) is 16.1. The van der Waals surface area contributed by atoms with Crippen LogP contribution in [0.4, 0.5) is 4.39 Å². The molecule has 0 radical (unpaired) electrons. The SMILES string of the molecule is O=C(O)CC1CCCc2c(n(Cc3ccc(Cn4ccnc4)cc3)c3ccc(F)cc23)C1. The maximum absolute atomic E-state index is 14.1. The Morgan fingerprint density at radius 1 is 1.12 bits per heavy atom. The minimum absolute atomic E-state index is 0.110. The monoisotopic (exact) mass is 431 g/mol. The molecular formula is C26H26FN3O2. The summed E-state index contributed by atoms with van der Waals surface area (Å²) in [6, 6.07) is 13.6. The fourth-order valence-corrected chi connectivity index (χ4v) is 5.03. The highest BCUT2D eigenvalue weighted by atomic mass is 19.1. The fraction of sp³-hybridized carbons (Fsp3) is 0.308. The Morgan fingerprint density at radius 3 is 2.62 bits per heavy atom. The van der Waals surface area contributed by atoms with E-state index in [-0.39, 0.29) is 18.2 Å². The van der Waals surface area contributed by atoms with Crippen molar-refractivity contribution < 1.29 is 14.3 Å². The number of carbonyl (C=O) groups is 1. The van der Waals surface area contributed by atoms with Crippen LogP contribution in [0.5, 0.6) is 0 Å². The minimum atomic E-state index is -0.749. The predicted octanol–water partition coefficient (Wildman–Crippen LogP) is 5.04. The van der Waals surface area contributed by atoms with Crippen LogP contribution in [0, 0.1) is 11.7 Å². The van der Waals surface area contributed by atoms with Gasteiger partial charge < -0.3 is 14.2 Å². The van der Waals surface area contributed by atoms with Gasteiger partial charge in [-0.05, 0) is 66.5 Å². The van der Waals surface area contributed by atoms with E-state index in [1.165, 1.54) is 22.8 Å². The second-order valence-corrected chi connectivity index (χ2v) is 8.78. The number of benzene rings is 2. The quantitative estimate of drug-likeness (QED) is 0.435. The van der Waals surface area contributed by atoms with Gasteiger partial charge in [0.05, 0.1) is 6.33 Å². The van der Waals surface area contributed by atoms with E-state index in [9.17, 15) is 14.3 Å². The van der Waals surface area contributed by atoms with Crippen LogP contribution in [0.15, 0.2) is 61.2 Å². The van der Waals surface area contributed by atoms with E-state index in [2.05, 4.69) is 33.8 Å². The largest absolute Gasteiger partial charge is 0.481 e. The number of carboxylic acids is 1. The molecule has 2 aromatic carbocycles. The zero-order chi connectivity index (χ0) is 22.1. The van der Waals surface area contributed by atoms with E-state index in [0.717, 1.165) is 48.8 Å². The van der Waals surface area contributed by atoms with E-state index in [1.54, 1.807) is 12.3 Å². The van der Waals surface area contributed by atoms with E-state index >= 15 is 0 Å². The Kier molecular flexibility index (Phi) is 5.52. The lowest BCUT2D eigenvalue weighted by Crippen LogP contribution is -2.13. The number of imidazole rings is 1. The van der Waals surface area contributed by atoms with Crippen LogP contribution in [0.3, 0.4) is 0 Å². The Hall–Kier alpha value is -3.41. The molecule has 5 rings (SSSR count). The molecule has 1 aliphatic carbocycles. The standard InChI is InChI=1S/C26H26FN3O2/c27-21-8-9-24-23(14-21)22-3-1-2-20(13-26(31)32)12-25(22)30(24)16-19-6-4-18(5-7-19)15-29-11-10-28-17-29/h4-11,14,17,20H,1-3,12-13,15-16H2,(H,31,32). The van der Waals surface area contributed by atoms with E-state index in [0.29, 0.717) is 6.54 Å². The maximum Gasteiger partial charge on any atom is 0.303 e. The third-order valence-corrected chi connectivity index (χ3v) is 6.52. The molecule has 2 aromatic heterocycles. The number of halogens is 1. The van der Waals surface area contributed by atoms with Gasteiger partial charge in [0.2, 0.25) is 0 Å². The van der Waals surface area contributed by atoms with Crippen molar-refractivity contribution in [3.63, 3.8) is 0 Å². The molecule has 2 heterocycles. The second kappa shape index (κ2) is 8.61. The first kappa shape index (κ1) is 20.5. The van der Waals surface area contributed by atoms with Crippen LogP contribution in [-0.4, -0.2) is 25.2 Å². The number of fused-ring (bicyclic) bond motifs is 3. The third kappa shape index (κ3) is 4.17. The molecule has 1 N–H and O–H groups in total. The highest BCUT2D eigenvalue weighted by molar-refractivity contribution is 5.86. The van der Waals surface area contributed by atoms with Crippen molar-refractivity contribution in [1.29, 1.82) is 0 Å². The number of aliphatic carboxylic acids is 1. The van der Waals surface area contributed by atoms with Crippen molar-refractivity contribution in [2.45, 2.75) is 45.2 Å². The molecule has 0 aliphatic heterocycles. The van der Waals surface area contributed by atoms with Gasteiger partial charge in [-0.3, -0.25) is 4.79 Å². The van der Waals surface area contributed by atoms with Gasteiger partial charge in [-0.1, -0.05) is 24.3 Å². The number of carboxylic acid groups (broad SMARTS) is 1. The molecule has 0 amide bonds. The Morgan fingerprint density at radius 2 is 1.91 bits per heavy atom. The van der Waals surface area contributed by atoms with E-state index in [1.807, 2.05) is 23.2 Å². The summed E-state index contributed by atoms with van der Waals surface area (Å²) < 4.78 is 18.4. The molecule has 0 bridgehead atoms. The first-order chi connectivity index (χ1) is 15.6. The zero-order valence-electron chi connectivity index (χ0n) is 17.9. The number of rotatable bonds is 6. The number of hydrogen-bond acceptors (Lipinski definition) is 2. The summed E-state index contributed by atoms with van der Waals surface area (Å²) >= 11 is 0. The Bertz CT molecular complexity index is 1240. The van der Waals surface area contributed by atoms with Crippen molar-refractivity contribution in [1.82, 2.24) is 14.1 Å². The van der Waals surface area contributed by atoms with Gasteiger partial charge in [0.25, 0.3) is 0 Å². The summed E-state index contributed by atoms with van der Waals surface area (Å²) in [6.07, 6.45) is 9.11. The van der Waals surface area contributed by atoms with Crippen molar-refractivity contribution in [2.24, 2.45) is 5.92 Å². The summed E-state index contributed by atoms with van der Waals surface area (Å²) in [5.74, 6) is -0.868. The molecule has 32 heavy (non-hydrogen) atoms. The molecule has 1 atom stereocenters. The van der Waals surface area contributed by atoms with Gasteiger partial charge in [0.15, 0.2) is 0 Å². The van der Waals surface area contributed by atoms with E-state index < -0.39 is 5.97 Å². The third-order valence-electron chi connectivity index (χ3n) is 6.52. The van der Waals surface area contributed by atoms with Crippen molar-refractivity contribution in [3.8, 4) is 0 Å². The van der Waals surface area contributed by atoms with Gasteiger partial charge >= 0.3 is 5.97 Å². The summed E-state index contributed by atoms with van der Waals surface area (Å²) in [6.45, 7) is 1.46. The fourth-order valence-electron chi connectivity index (χ4n) is 5.03. The summed E-state index contributed by atoms with van der Waals surface area (Å²) in [5.41, 5.74) is 5.74. The van der Waals surface area contributed by atoms with Crippen molar-refractivity contribution in [3.05, 3.63) is 89.4 Å². The number of hydrogen-bond donors (Lipinski definition) is 1. The average Bonchev–Trinajstić information content (AvgIpc) is 3.30. The lowest BCUT2D eigenvalue weighted by molar-refractivity contribution is -0.138. The first-order valence-corrected chi connectivity index (χ1v) is 11.1. The molecule has 0 saturated heterocycles. The van der Waals surface area contributed by atoms with Crippen LogP contribution < -0.4 is 0 Å². The Balaban J connectivity index is 1.49. The van der Waals surface area contributed by atoms with Crippen LogP contribution >= 0.6 is 0 Å². The first-order valence-electron chi connectivity index (χ1n) is 11.1. The van der Waals surface area contributed by atoms with Gasteiger partial charge in [0, 0.05) is 48.5 Å². The lowest BCUT2D eigenvalue weighted by Gasteiger charge is -2.16. The van der Waals surface area contributed by atoms with Crippen LogP contribution in [-0.2, 0) is 30.7 Å². The van der Waals surface area contributed by atoms with Gasteiger partial charge in [0.1, 0.15) is 5.82 Å². The molecule has 1 unspecified atom stereocenters. The second-order valence-electron chi connectivity index (χ2n) is 8.78. The van der Waals surface area contributed by atoms with Gasteiger partial charge in [-0.2, -0.15) is 0 Å². The maximum atomic E-state index is 14.1. The molecule has 4 aromatic rings. The molecule has 5 nitrogen and oxygen atoms in total. The van der Waals surface area contributed by atoms with Crippen LogP contribution in [0.25, 0.3) is 10.9 Å². The topological polar surface area (TPSA) is 60.0 Å². The molecule has 6 heteroatoms. The highest BCUT2D eigenvalue weighted by Gasteiger charge is 2.25. The van der Waals surface area contributed by atoms with Crippen molar-refractivity contribution in [2.75, 3.05) is 0 Å². The van der Waals surface area contributed by atoms with E-state index in [4.69, 9.17) is 0 Å². The van der Waals surface area contributed by atoms with Crippen LogP contribution in [0.1, 0.15) is 41.6 Å². The highest BCUT2D eigenvalue weighted by Crippen LogP contribution is 2.35. The molecular weight excluding hydrogens is 405 g/mol. The molecule has 0 saturated carbocycles. The molecule has 0 fully saturated rings. The number of nitrogens with zero attached hydrogens (tertiary/aromatic N) is 3. The average molecular weight is 432 g/mol. The molecule has 0 spiro atoms. The van der Waals surface area contributed by atoms with Gasteiger partial charge in [-0.25, -0.2) is 9.37 Å². The Labute approximate surface area is 186 Å². The molecule has 164 valence electrons. The lowest BCUT2D eigenvalue weighted by atomic mass is 9.96. The summed E-state index contributed by atoms with van der Waals surface area (Å²) in [7, 11) is 0. The minimum Gasteiger partial charge on any atom is -0.481 e.